The Morgan fingerprint density at radius 1 is 1.29 bits per heavy atom. The molecule has 1 saturated heterocycles. The van der Waals surface area contributed by atoms with E-state index >= 15 is 0 Å². The molecule has 0 aromatic heterocycles. The van der Waals surface area contributed by atoms with E-state index in [0.29, 0.717) is 33.2 Å². The number of thioether (sulfide) groups is 1. The number of benzene rings is 2. The van der Waals surface area contributed by atoms with E-state index in [-0.39, 0.29) is 5.91 Å². The summed E-state index contributed by atoms with van der Waals surface area (Å²) in [4.78, 5) is 18.5. The summed E-state index contributed by atoms with van der Waals surface area (Å²) >= 11 is 7.78. The molecular weight excluding hydrogens is 396 g/mol. The van der Waals surface area contributed by atoms with Crippen molar-refractivity contribution in [3.63, 3.8) is 0 Å². The lowest BCUT2D eigenvalue weighted by atomic mass is 10.1. The van der Waals surface area contributed by atoms with Gasteiger partial charge in [0.25, 0.3) is 5.91 Å². The first-order chi connectivity index (χ1) is 13.4. The number of hydrogen-bond donors (Lipinski definition) is 0. The van der Waals surface area contributed by atoms with Crippen LogP contribution in [0.2, 0.25) is 5.02 Å². The van der Waals surface area contributed by atoms with E-state index in [1.54, 1.807) is 39.4 Å². The van der Waals surface area contributed by atoms with Gasteiger partial charge in [-0.15, -0.1) is 0 Å². The molecule has 7 heteroatoms. The van der Waals surface area contributed by atoms with Crippen molar-refractivity contribution < 1.29 is 14.3 Å². The number of methoxy groups -OCH3 is 1. The Kier molecular flexibility index (Phi) is 6.31. The Balaban J connectivity index is 1.86. The van der Waals surface area contributed by atoms with Gasteiger partial charge < -0.3 is 9.47 Å². The fraction of sp³-hybridized carbons (Fsp3) is 0.238. The fourth-order valence-corrected chi connectivity index (χ4v) is 4.02. The molecular formula is C21H21ClN2O3S. The number of halogens is 1. The zero-order chi connectivity index (χ0) is 20.3. The smallest absolute Gasteiger partial charge is 0.266 e. The number of carbonyl (C=O) groups is 1. The molecule has 5 nitrogen and oxygen atoms in total. The van der Waals surface area contributed by atoms with Crippen LogP contribution in [-0.4, -0.2) is 37.2 Å². The zero-order valence-corrected chi connectivity index (χ0v) is 17.7. The quantitative estimate of drug-likeness (QED) is 0.659. The molecule has 2 aromatic carbocycles. The Hall–Kier alpha value is -2.44. The molecule has 0 saturated carbocycles. The lowest BCUT2D eigenvalue weighted by Crippen LogP contribution is -2.23. The average Bonchev–Trinajstić information content (AvgIpc) is 2.94. The van der Waals surface area contributed by atoms with Gasteiger partial charge in [0.2, 0.25) is 0 Å². The van der Waals surface area contributed by atoms with Crippen molar-refractivity contribution in [3.8, 4) is 11.5 Å². The highest BCUT2D eigenvalue weighted by atomic mass is 35.5. The number of likely N-dealkylation sites (N-methyl/N-ethyl adjacent to an activating group) is 1. The van der Waals surface area contributed by atoms with E-state index in [1.165, 1.54) is 22.2 Å². The first kappa shape index (κ1) is 20.3. The van der Waals surface area contributed by atoms with E-state index in [4.69, 9.17) is 21.1 Å². The predicted molar refractivity (Wildman–Crippen MR) is 115 cm³/mol. The summed E-state index contributed by atoms with van der Waals surface area (Å²) in [6.45, 7) is 2.42. The number of ether oxygens (including phenoxy) is 2. The molecule has 0 atom stereocenters. The van der Waals surface area contributed by atoms with Crippen molar-refractivity contribution in [2.45, 2.75) is 13.5 Å². The SMILES string of the molecule is CN=C1S/C(=C/c2cc(Cl)c(OCc3cccc(C)c3)c(OC)c2)C(=O)N1C. The number of aryl methyl sites for hydroxylation is 1. The van der Waals surface area contributed by atoms with Gasteiger partial charge in [-0.05, 0) is 48.0 Å². The molecule has 2 aromatic rings. The summed E-state index contributed by atoms with van der Waals surface area (Å²) in [5.74, 6) is 0.895. The summed E-state index contributed by atoms with van der Waals surface area (Å²) in [6.07, 6.45) is 1.78. The maximum absolute atomic E-state index is 12.3. The summed E-state index contributed by atoms with van der Waals surface area (Å²) in [5.41, 5.74) is 2.97. The van der Waals surface area contributed by atoms with Gasteiger partial charge in [0.1, 0.15) is 6.61 Å². The molecule has 0 N–H and O–H groups in total. The molecule has 0 bridgehead atoms. The number of amides is 1. The van der Waals surface area contributed by atoms with E-state index in [2.05, 4.69) is 11.1 Å². The third-order valence-electron chi connectivity index (χ3n) is 4.21. The minimum Gasteiger partial charge on any atom is -0.493 e. The van der Waals surface area contributed by atoms with Crippen molar-refractivity contribution in [1.82, 2.24) is 4.90 Å². The molecule has 1 amide bonds. The minimum atomic E-state index is -0.0968. The van der Waals surface area contributed by atoms with Crippen LogP contribution < -0.4 is 9.47 Å². The van der Waals surface area contributed by atoms with Crippen molar-refractivity contribution in [2.75, 3.05) is 21.2 Å². The van der Waals surface area contributed by atoms with Crippen molar-refractivity contribution in [2.24, 2.45) is 4.99 Å². The third kappa shape index (κ3) is 4.34. The zero-order valence-electron chi connectivity index (χ0n) is 16.2. The molecule has 28 heavy (non-hydrogen) atoms. The number of carbonyl (C=O) groups excluding carboxylic acids is 1. The first-order valence-electron chi connectivity index (χ1n) is 8.63. The van der Waals surface area contributed by atoms with Crippen LogP contribution >= 0.6 is 23.4 Å². The Morgan fingerprint density at radius 3 is 2.71 bits per heavy atom. The van der Waals surface area contributed by atoms with Gasteiger partial charge in [0.15, 0.2) is 16.7 Å². The van der Waals surface area contributed by atoms with E-state index in [9.17, 15) is 4.79 Å². The van der Waals surface area contributed by atoms with Gasteiger partial charge in [-0.1, -0.05) is 41.4 Å². The highest BCUT2D eigenvalue weighted by molar-refractivity contribution is 8.18. The van der Waals surface area contributed by atoms with Gasteiger partial charge in [-0.25, -0.2) is 0 Å². The molecule has 0 radical (unpaired) electrons. The number of hydrogen-bond acceptors (Lipinski definition) is 5. The van der Waals surface area contributed by atoms with Crippen molar-refractivity contribution >= 4 is 40.5 Å². The van der Waals surface area contributed by atoms with Crippen molar-refractivity contribution in [1.29, 1.82) is 0 Å². The second-order valence-electron chi connectivity index (χ2n) is 6.29. The molecule has 0 unspecified atom stereocenters. The predicted octanol–water partition coefficient (Wildman–Crippen LogP) is 4.77. The monoisotopic (exact) mass is 416 g/mol. The number of amidine groups is 1. The van der Waals surface area contributed by atoms with Crippen LogP contribution in [0.5, 0.6) is 11.5 Å². The lowest BCUT2D eigenvalue weighted by Gasteiger charge is -2.14. The van der Waals surface area contributed by atoms with Crippen LogP contribution in [0, 0.1) is 6.92 Å². The van der Waals surface area contributed by atoms with Crippen LogP contribution in [0.15, 0.2) is 46.3 Å². The van der Waals surface area contributed by atoms with E-state index in [1.807, 2.05) is 25.1 Å². The summed E-state index contributed by atoms with van der Waals surface area (Å²) in [5, 5.41) is 1.08. The van der Waals surface area contributed by atoms with Crippen LogP contribution in [0.4, 0.5) is 0 Å². The van der Waals surface area contributed by atoms with Crippen LogP contribution in [0.3, 0.4) is 0 Å². The normalized spacial score (nSPS) is 16.9. The average molecular weight is 417 g/mol. The second kappa shape index (κ2) is 8.71. The Bertz CT molecular complexity index is 972. The van der Waals surface area contributed by atoms with Gasteiger partial charge in [-0.2, -0.15) is 0 Å². The molecule has 3 rings (SSSR count). The van der Waals surface area contributed by atoms with Gasteiger partial charge in [0.05, 0.1) is 17.0 Å². The molecule has 1 aliphatic heterocycles. The number of aliphatic imine (C=N–C) groups is 1. The third-order valence-corrected chi connectivity index (χ3v) is 5.64. The van der Waals surface area contributed by atoms with Gasteiger partial charge in [0, 0.05) is 14.1 Å². The van der Waals surface area contributed by atoms with Gasteiger partial charge >= 0.3 is 0 Å². The van der Waals surface area contributed by atoms with E-state index in [0.717, 1.165) is 11.1 Å². The topological polar surface area (TPSA) is 51.1 Å². The minimum absolute atomic E-state index is 0.0968. The summed E-state index contributed by atoms with van der Waals surface area (Å²) < 4.78 is 11.4. The largest absolute Gasteiger partial charge is 0.493 e. The standard InChI is InChI=1S/C21H21ClN2O3S/c1-13-6-5-7-14(8-13)12-27-19-16(22)9-15(10-17(19)26-4)11-18-20(25)24(3)21(23-2)28-18/h5-11H,12H2,1-4H3/b18-11+,23-21?. The molecule has 1 fully saturated rings. The molecule has 0 aliphatic carbocycles. The van der Waals surface area contributed by atoms with Crippen molar-refractivity contribution in [3.05, 3.63) is 63.0 Å². The molecule has 1 aliphatic rings. The summed E-state index contributed by atoms with van der Waals surface area (Å²) in [6, 6.07) is 11.7. The number of nitrogens with zero attached hydrogens (tertiary/aromatic N) is 2. The van der Waals surface area contributed by atoms with Crippen LogP contribution in [-0.2, 0) is 11.4 Å². The fourth-order valence-electron chi connectivity index (χ4n) is 2.82. The first-order valence-corrected chi connectivity index (χ1v) is 9.82. The van der Waals surface area contributed by atoms with Crippen LogP contribution in [0.25, 0.3) is 6.08 Å². The second-order valence-corrected chi connectivity index (χ2v) is 7.71. The number of rotatable bonds is 5. The van der Waals surface area contributed by atoms with E-state index < -0.39 is 0 Å². The highest BCUT2D eigenvalue weighted by Gasteiger charge is 2.29. The summed E-state index contributed by atoms with van der Waals surface area (Å²) in [7, 11) is 4.93. The highest BCUT2D eigenvalue weighted by Crippen LogP contribution is 2.39. The van der Waals surface area contributed by atoms with Crippen LogP contribution in [0.1, 0.15) is 16.7 Å². The molecule has 1 heterocycles. The Labute approximate surface area is 174 Å². The van der Waals surface area contributed by atoms with Gasteiger partial charge in [-0.3, -0.25) is 14.7 Å². The Morgan fingerprint density at radius 2 is 2.07 bits per heavy atom. The maximum Gasteiger partial charge on any atom is 0.266 e. The molecule has 146 valence electrons. The molecule has 0 spiro atoms. The lowest BCUT2D eigenvalue weighted by molar-refractivity contribution is -0.121. The maximum atomic E-state index is 12.3.